The molecule has 0 fully saturated rings. The molecule has 0 saturated heterocycles. The molecule has 0 spiro atoms. The van der Waals surface area contributed by atoms with E-state index in [1.807, 2.05) is 6.82 Å². The van der Waals surface area contributed by atoms with Crippen molar-refractivity contribution in [3.63, 3.8) is 0 Å². The van der Waals surface area contributed by atoms with Crippen molar-refractivity contribution < 1.29 is 4.65 Å². The van der Waals surface area contributed by atoms with Crippen LogP contribution in [0, 0.1) is 13.8 Å². The number of hydrogen-bond acceptors (Lipinski definition) is 2. The lowest BCUT2D eigenvalue weighted by molar-refractivity contribution is 0.485. The molecule has 0 radical (unpaired) electrons. The molecule has 2 rings (SSSR count). The van der Waals surface area contributed by atoms with Gasteiger partial charge in [0.2, 0.25) is 0 Å². The molecule has 2 nitrogen and oxygen atoms in total. The predicted octanol–water partition coefficient (Wildman–Crippen LogP) is 2.46. The van der Waals surface area contributed by atoms with E-state index in [-0.39, 0.29) is 7.05 Å². The number of rotatable bonds is 0. The molecule has 1 aromatic carbocycles. The lowest BCUT2D eigenvalue weighted by Crippen LogP contribution is -2.42. The van der Waals surface area contributed by atoms with Gasteiger partial charge in [-0.2, -0.15) is 0 Å². The second-order valence-corrected chi connectivity index (χ2v) is 4.12. The van der Waals surface area contributed by atoms with Gasteiger partial charge in [-0.3, -0.25) is 0 Å². The first-order chi connectivity index (χ1) is 6.58. The summed E-state index contributed by atoms with van der Waals surface area (Å²) in [4.78, 5) is 0. The zero-order valence-corrected chi connectivity index (χ0v) is 9.22. The molecule has 3 heteroatoms. The number of nitrogens with one attached hydrogen (secondary N) is 1. The Labute approximate surface area is 85.8 Å². The smallest absolute Gasteiger partial charge is 0.443 e. The summed E-state index contributed by atoms with van der Waals surface area (Å²) in [7, 11) is 0.111. The van der Waals surface area contributed by atoms with Gasteiger partial charge in [-0.15, -0.1) is 0 Å². The van der Waals surface area contributed by atoms with Crippen LogP contribution in [0.1, 0.15) is 29.7 Å². The van der Waals surface area contributed by atoms with E-state index in [4.69, 9.17) is 4.65 Å². The molecule has 14 heavy (non-hydrogen) atoms. The van der Waals surface area contributed by atoms with E-state index >= 15 is 0 Å². The van der Waals surface area contributed by atoms with Crippen molar-refractivity contribution in [1.82, 2.24) is 5.23 Å². The fourth-order valence-corrected chi connectivity index (χ4v) is 1.92. The van der Waals surface area contributed by atoms with Crippen LogP contribution in [0.25, 0.3) is 0 Å². The average molecular weight is 189 g/mol. The van der Waals surface area contributed by atoms with Gasteiger partial charge in [-0.05, 0) is 44.8 Å². The summed E-state index contributed by atoms with van der Waals surface area (Å²) in [5.74, 6) is 1.03. The zero-order valence-electron chi connectivity index (χ0n) is 9.22. The number of benzene rings is 1. The summed E-state index contributed by atoms with van der Waals surface area (Å²) >= 11 is 0. The highest BCUT2D eigenvalue weighted by atomic mass is 16.4. The largest absolute Gasteiger partial charge is 0.546 e. The van der Waals surface area contributed by atoms with Crippen molar-refractivity contribution in [2.45, 2.75) is 33.6 Å². The van der Waals surface area contributed by atoms with Crippen LogP contribution in [-0.4, -0.2) is 7.05 Å². The number of fused-ring (bicyclic) bond motifs is 1. The Bertz CT molecular complexity index is 365. The molecule has 0 amide bonds. The number of hydrogen-bond donors (Lipinski definition) is 1. The van der Waals surface area contributed by atoms with Crippen LogP contribution >= 0.6 is 0 Å². The van der Waals surface area contributed by atoms with E-state index in [9.17, 15) is 0 Å². The summed E-state index contributed by atoms with van der Waals surface area (Å²) in [5.41, 5.74) is 3.90. The normalized spacial score (nSPS) is 20.3. The lowest BCUT2D eigenvalue weighted by atomic mass is 9.81. The van der Waals surface area contributed by atoms with E-state index in [1.165, 1.54) is 16.7 Å². The third-order valence-electron chi connectivity index (χ3n) is 2.88. The third kappa shape index (κ3) is 1.52. The maximum Gasteiger partial charge on any atom is 0.443 e. The van der Waals surface area contributed by atoms with Gasteiger partial charge in [0.15, 0.2) is 0 Å². The highest BCUT2D eigenvalue weighted by Gasteiger charge is 2.25. The highest BCUT2D eigenvalue weighted by Crippen LogP contribution is 2.31. The van der Waals surface area contributed by atoms with E-state index in [0.717, 1.165) is 5.75 Å². The first-order valence-electron chi connectivity index (χ1n) is 5.12. The molecule has 1 N–H and O–H groups in total. The monoisotopic (exact) mass is 189 g/mol. The molecule has 74 valence electrons. The van der Waals surface area contributed by atoms with Gasteiger partial charge < -0.3 is 9.88 Å². The Kier molecular flexibility index (Phi) is 2.27. The van der Waals surface area contributed by atoms with Crippen LogP contribution in [0.4, 0.5) is 0 Å². The second kappa shape index (κ2) is 3.32. The first-order valence-corrected chi connectivity index (χ1v) is 5.12. The van der Waals surface area contributed by atoms with Crippen molar-refractivity contribution in [2.24, 2.45) is 0 Å². The van der Waals surface area contributed by atoms with E-state index in [2.05, 4.69) is 38.1 Å². The lowest BCUT2D eigenvalue weighted by Gasteiger charge is -2.28. The summed E-state index contributed by atoms with van der Waals surface area (Å²) in [6.07, 6.45) is 0. The molecule has 1 aliphatic heterocycles. The Morgan fingerprint density at radius 3 is 2.64 bits per heavy atom. The molecular formula is C11H16BNO. The predicted molar refractivity (Wildman–Crippen MR) is 59.7 cm³/mol. The van der Waals surface area contributed by atoms with Crippen LogP contribution in [0.2, 0.25) is 6.82 Å². The van der Waals surface area contributed by atoms with Crippen molar-refractivity contribution in [2.75, 3.05) is 0 Å². The van der Waals surface area contributed by atoms with Gasteiger partial charge in [0.25, 0.3) is 0 Å². The first kappa shape index (κ1) is 9.59. The summed E-state index contributed by atoms with van der Waals surface area (Å²) < 4.78 is 5.73. The average Bonchev–Trinajstić information content (AvgIpc) is 2.08. The molecule has 0 bridgehead atoms. The number of aryl methyl sites for hydroxylation is 2. The van der Waals surface area contributed by atoms with Crippen molar-refractivity contribution >= 4 is 7.05 Å². The summed E-state index contributed by atoms with van der Waals surface area (Å²) in [6.45, 7) is 8.47. The van der Waals surface area contributed by atoms with Crippen LogP contribution < -0.4 is 9.88 Å². The van der Waals surface area contributed by atoms with E-state index in [0.29, 0.717) is 6.04 Å². The van der Waals surface area contributed by atoms with E-state index < -0.39 is 0 Å². The van der Waals surface area contributed by atoms with Gasteiger partial charge in [0.1, 0.15) is 5.75 Å². The van der Waals surface area contributed by atoms with Crippen molar-refractivity contribution in [1.29, 1.82) is 0 Å². The zero-order chi connectivity index (χ0) is 10.3. The molecule has 1 aromatic rings. The summed E-state index contributed by atoms with van der Waals surface area (Å²) in [6, 6.07) is 4.74. The third-order valence-corrected chi connectivity index (χ3v) is 2.88. The molecule has 0 aromatic heterocycles. The minimum absolute atomic E-state index is 0.111. The topological polar surface area (TPSA) is 21.3 Å². The molecule has 1 atom stereocenters. The molecule has 1 heterocycles. The van der Waals surface area contributed by atoms with Gasteiger partial charge in [0, 0.05) is 11.6 Å². The fourth-order valence-electron chi connectivity index (χ4n) is 1.92. The van der Waals surface area contributed by atoms with Crippen LogP contribution in [0.15, 0.2) is 12.1 Å². The standard InChI is InChI=1S/C11H16BNO/c1-7-5-10-9(3)13-12(4)14-11(10)6-8(7)2/h5-6,9,13H,1-4H3. The Morgan fingerprint density at radius 1 is 1.29 bits per heavy atom. The van der Waals surface area contributed by atoms with Gasteiger partial charge in [0.05, 0.1) is 0 Å². The highest BCUT2D eigenvalue weighted by molar-refractivity contribution is 6.48. The maximum absolute atomic E-state index is 5.73. The Morgan fingerprint density at radius 2 is 1.93 bits per heavy atom. The van der Waals surface area contributed by atoms with Crippen molar-refractivity contribution in [3.8, 4) is 5.75 Å². The summed E-state index contributed by atoms with van der Waals surface area (Å²) in [5, 5.41) is 3.36. The Balaban J connectivity index is 2.49. The van der Waals surface area contributed by atoms with Gasteiger partial charge in [-0.25, -0.2) is 0 Å². The van der Waals surface area contributed by atoms with Crippen molar-refractivity contribution in [3.05, 3.63) is 28.8 Å². The van der Waals surface area contributed by atoms with Crippen LogP contribution in [0.5, 0.6) is 5.75 Å². The Hall–Kier alpha value is -0.955. The van der Waals surface area contributed by atoms with E-state index in [1.54, 1.807) is 0 Å². The second-order valence-electron chi connectivity index (χ2n) is 4.12. The maximum atomic E-state index is 5.73. The minimum Gasteiger partial charge on any atom is -0.546 e. The quantitative estimate of drug-likeness (QED) is 0.633. The SMILES string of the molecule is CB1NC(C)c2cc(C)c(C)cc2O1. The van der Waals surface area contributed by atoms with Gasteiger partial charge >= 0.3 is 7.05 Å². The minimum atomic E-state index is 0.111. The molecule has 1 unspecified atom stereocenters. The molecule has 0 aliphatic carbocycles. The molecular weight excluding hydrogens is 173 g/mol. The molecule has 1 aliphatic rings. The van der Waals surface area contributed by atoms with Gasteiger partial charge in [-0.1, -0.05) is 6.07 Å². The van der Waals surface area contributed by atoms with Crippen LogP contribution in [0.3, 0.4) is 0 Å². The fraction of sp³-hybridized carbons (Fsp3) is 0.455. The molecule has 0 saturated carbocycles. The van der Waals surface area contributed by atoms with Crippen LogP contribution in [-0.2, 0) is 0 Å².